The fourth-order valence-electron chi connectivity index (χ4n) is 2.77. The van der Waals surface area contributed by atoms with Gasteiger partial charge in [0.25, 0.3) is 11.8 Å². The molecule has 0 radical (unpaired) electrons. The second-order valence-corrected chi connectivity index (χ2v) is 6.52. The molecule has 2 amide bonds. The Labute approximate surface area is 163 Å². The van der Waals surface area contributed by atoms with Crippen molar-refractivity contribution in [3.8, 4) is 0 Å². The first kappa shape index (κ1) is 19.3. The summed E-state index contributed by atoms with van der Waals surface area (Å²) < 4.78 is 5.21. The molecule has 0 aliphatic rings. The maximum Gasteiger partial charge on any atom is 0.276 e. The van der Waals surface area contributed by atoms with Gasteiger partial charge in [0, 0.05) is 24.9 Å². The van der Waals surface area contributed by atoms with Gasteiger partial charge in [-0.2, -0.15) is 0 Å². The number of carbonyl (C=O) groups is 2. The summed E-state index contributed by atoms with van der Waals surface area (Å²) in [6.07, 6.45) is 1.69. The summed E-state index contributed by atoms with van der Waals surface area (Å²) in [5.74, 6) is -0.0779. The predicted octanol–water partition coefficient (Wildman–Crippen LogP) is 3.14. The molecule has 2 aromatic heterocycles. The molecule has 7 heteroatoms. The maximum absolute atomic E-state index is 12.7. The minimum Gasteiger partial charge on any atom is -0.359 e. The van der Waals surface area contributed by atoms with Crippen LogP contribution in [0.1, 0.15) is 50.8 Å². The number of nitrogens with one attached hydrogen (secondary N) is 1. The minimum atomic E-state index is -0.279. The van der Waals surface area contributed by atoms with Crippen molar-refractivity contribution in [1.82, 2.24) is 20.4 Å². The molecular weight excluding hydrogens is 356 g/mol. The summed E-state index contributed by atoms with van der Waals surface area (Å²) in [5.41, 5.74) is 2.46. The largest absolute Gasteiger partial charge is 0.359 e. The van der Waals surface area contributed by atoms with E-state index < -0.39 is 0 Å². The lowest BCUT2D eigenvalue weighted by atomic mass is 10.1. The van der Waals surface area contributed by atoms with E-state index in [1.54, 1.807) is 30.3 Å². The topological polar surface area (TPSA) is 88.3 Å². The van der Waals surface area contributed by atoms with E-state index in [1.165, 1.54) is 0 Å². The fourth-order valence-corrected chi connectivity index (χ4v) is 2.77. The lowest BCUT2D eigenvalue weighted by molar-refractivity contribution is 0.0728. The van der Waals surface area contributed by atoms with Crippen LogP contribution in [-0.4, -0.2) is 33.9 Å². The lowest BCUT2D eigenvalue weighted by Crippen LogP contribution is -2.30. The van der Waals surface area contributed by atoms with Gasteiger partial charge in [0.15, 0.2) is 11.5 Å². The smallest absolute Gasteiger partial charge is 0.276 e. The van der Waals surface area contributed by atoms with Crippen LogP contribution in [0.15, 0.2) is 59.3 Å². The zero-order valence-corrected chi connectivity index (χ0v) is 16.0. The van der Waals surface area contributed by atoms with Crippen molar-refractivity contribution in [2.75, 3.05) is 7.05 Å². The van der Waals surface area contributed by atoms with Gasteiger partial charge in [-0.05, 0) is 37.6 Å². The van der Waals surface area contributed by atoms with Gasteiger partial charge < -0.3 is 14.7 Å². The molecule has 1 aromatic carbocycles. The molecule has 0 aliphatic carbocycles. The maximum atomic E-state index is 12.7. The monoisotopic (exact) mass is 378 g/mol. The quantitative estimate of drug-likeness (QED) is 0.712. The molecule has 0 saturated carbocycles. The van der Waals surface area contributed by atoms with Gasteiger partial charge in [-0.25, -0.2) is 0 Å². The number of pyridine rings is 1. The van der Waals surface area contributed by atoms with Crippen LogP contribution < -0.4 is 5.32 Å². The van der Waals surface area contributed by atoms with Crippen molar-refractivity contribution in [2.45, 2.75) is 26.4 Å². The summed E-state index contributed by atoms with van der Waals surface area (Å²) in [7, 11) is 1.69. The van der Waals surface area contributed by atoms with Crippen molar-refractivity contribution in [3.05, 3.63) is 83.0 Å². The fraction of sp³-hybridized carbons (Fsp3) is 0.238. The number of rotatable bonds is 6. The van der Waals surface area contributed by atoms with E-state index in [-0.39, 0.29) is 30.1 Å². The number of hydrogen-bond acceptors (Lipinski definition) is 5. The summed E-state index contributed by atoms with van der Waals surface area (Å²) in [5, 5.41) is 6.62. The van der Waals surface area contributed by atoms with Crippen LogP contribution in [0.3, 0.4) is 0 Å². The third-order valence-corrected chi connectivity index (χ3v) is 4.61. The molecule has 144 valence electrons. The number of aryl methyl sites for hydroxylation is 1. The Morgan fingerprint density at radius 3 is 2.64 bits per heavy atom. The molecule has 1 unspecified atom stereocenters. The van der Waals surface area contributed by atoms with E-state index in [0.29, 0.717) is 11.3 Å². The zero-order chi connectivity index (χ0) is 20.1. The van der Waals surface area contributed by atoms with Gasteiger partial charge in [-0.15, -0.1) is 0 Å². The summed E-state index contributed by atoms with van der Waals surface area (Å²) in [6, 6.07) is 14.2. The number of aromatic nitrogens is 2. The van der Waals surface area contributed by atoms with Crippen molar-refractivity contribution < 1.29 is 14.1 Å². The average Bonchev–Trinajstić information content (AvgIpc) is 3.20. The van der Waals surface area contributed by atoms with E-state index in [0.717, 1.165) is 11.3 Å². The normalized spacial score (nSPS) is 11.7. The van der Waals surface area contributed by atoms with E-state index >= 15 is 0 Å². The molecule has 1 atom stereocenters. The third-order valence-electron chi connectivity index (χ3n) is 4.61. The molecule has 0 bridgehead atoms. The number of amides is 2. The second kappa shape index (κ2) is 8.47. The molecule has 0 spiro atoms. The SMILES string of the molecule is Cc1ccccc1C(=O)NCc1cc(C(=O)N(C)C(C)c2ccccn2)no1. The summed E-state index contributed by atoms with van der Waals surface area (Å²) in [4.78, 5) is 30.8. The van der Waals surface area contributed by atoms with Crippen LogP contribution in [0.5, 0.6) is 0 Å². The first-order valence-electron chi connectivity index (χ1n) is 8.95. The Morgan fingerprint density at radius 1 is 1.18 bits per heavy atom. The van der Waals surface area contributed by atoms with Gasteiger partial charge in [-0.1, -0.05) is 29.4 Å². The Hall–Kier alpha value is -3.48. The number of nitrogens with zero attached hydrogens (tertiary/aromatic N) is 3. The summed E-state index contributed by atoms with van der Waals surface area (Å²) >= 11 is 0. The lowest BCUT2D eigenvalue weighted by Gasteiger charge is -2.23. The van der Waals surface area contributed by atoms with Crippen LogP contribution in [0, 0.1) is 6.92 Å². The van der Waals surface area contributed by atoms with Crippen LogP contribution >= 0.6 is 0 Å². The van der Waals surface area contributed by atoms with E-state index in [2.05, 4.69) is 15.5 Å². The van der Waals surface area contributed by atoms with Gasteiger partial charge in [0.2, 0.25) is 0 Å². The first-order valence-corrected chi connectivity index (χ1v) is 8.95. The van der Waals surface area contributed by atoms with Crippen molar-refractivity contribution in [1.29, 1.82) is 0 Å². The molecule has 28 heavy (non-hydrogen) atoms. The molecule has 0 fully saturated rings. The third kappa shape index (κ3) is 4.25. The Kier molecular flexibility index (Phi) is 5.84. The van der Waals surface area contributed by atoms with Crippen LogP contribution in [0.25, 0.3) is 0 Å². The number of benzene rings is 1. The molecule has 1 N–H and O–H groups in total. The molecule has 0 aliphatic heterocycles. The number of hydrogen-bond donors (Lipinski definition) is 1. The molecular formula is C21H22N4O3. The Bertz CT molecular complexity index is 969. The molecule has 2 heterocycles. The van der Waals surface area contributed by atoms with Gasteiger partial charge in [-0.3, -0.25) is 14.6 Å². The van der Waals surface area contributed by atoms with Gasteiger partial charge in [0.1, 0.15) is 0 Å². The van der Waals surface area contributed by atoms with Crippen molar-refractivity contribution >= 4 is 11.8 Å². The Balaban J connectivity index is 1.62. The van der Waals surface area contributed by atoms with Gasteiger partial charge in [0.05, 0.1) is 18.3 Å². The first-order chi connectivity index (χ1) is 13.5. The second-order valence-electron chi connectivity index (χ2n) is 6.52. The van der Waals surface area contributed by atoms with E-state index in [4.69, 9.17) is 4.52 Å². The highest BCUT2D eigenvalue weighted by molar-refractivity contribution is 5.95. The van der Waals surface area contributed by atoms with Crippen LogP contribution in [0.4, 0.5) is 0 Å². The highest BCUT2D eigenvalue weighted by Crippen LogP contribution is 2.18. The van der Waals surface area contributed by atoms with E-state index in [9.17, 15) is 9.59 Å². The van der Waals surface area contributed by atoms with E-state index in [1.807, 2.05) is 50.2 Å². The molecule has 0 saturated heterocycles. The highest BCUT2D eigenvalue weighted by atomic mass is 16.5. The minimum absolute atomic E-state index is 0.146. The molecule has 7 nitrogen and oxygen atoms in total. The Morgan fingerprint density at radius 2 is 1.93 bits per heavy atom. The zero-order valence-electron chi connectivity index (χ0n) is 16.0. The van der Waals surface area contributed by atoms with Crippen molar-refractivity contribution in [3.63, 3.8) is 0 Å². The van der Waals surface area contributed by atoms with Crippen LogP contribution in [0.2, 0.25) is 0 Å². The van der Waals surface area contributed by atoms with Crippen LogP contribution in [-0.2, 0) is 6.54 Å². The van der Waals surface area contributed by atoms with Crippen molar-refractivity contribution in [2.24, 2.45) is 0 Å². The average molecular weight is 378 g/mol. The standard InChI is InChI=1S/C21H22N4O3/c1-14-8-4-5-9-17(14)20(26)23-13-16-12-19(24-28-16)21(27)25(3)15(2)18-10-6-7-11-22-18/h4-12,15H,13H2,1-3H3,(H,23,26). The highest BCUT2D eigenvalue weighted by Gasteiger charge is 2.23. The molecule has 3 rings (SSSR count). The molecule has 3 aromatic rings. The van der Waals surface area contributed by atoms with Gasteiger partial charge >= 0.3 is 0 Å². The predicted molar refractivity (Wildman–Crippen MR) is 104 cm³/mol. The number of carbonyl (C=O) groups excluding carboxylic acids is 2. The summed E-state index contributed by atoms with van der Waals surface area (Å²) in [6.45, 7) is 3.91.